The molecular weight excluding hydrogens is 318 g/mol. The van der Waals surface area contributed by atoms with Crippen LogP contribution >= 0.6 is 15.9 Å². The molecule has 1 amide bonds. The highest BCUT2D eigenvalue weighted by atomic mass is 79.9. The number of hydrogen-bond acceptors (Lipinski definition) is 5. The van der Waals surface area contributed by atoms with Gasteiger partial charge in [0, 0.05) is 32.6 Å². The van der Waals surface area contributed by atoms with Gasteiger partial charge in [-0.3, -0.25) is 4.79 Å². The summed E-state index contributed by atoms with van der Waals surface area (Å²) in [5.41, 5.74) is 0. The molecule has 0 saturated carbocycles. The summed E-state index contributed by atoms with van der Waals surface area (Å²) in [4.78, 5) is 23.8. The maximum absolute atomic E-state index is 11.9. The second-order valence-corrected chi connectivity index (χ2v) is 5.06. The number of halogens is 1. The van der Waals surface area contributed by atoms with E-state index in [2.05, 4.69) is 26.3 Å². The Balaban J connectivity index is 1.89. The largest absolute Gasteiger partial charge is 0.404 e. The van der Waals surface area contributed by atoms with E-state index in [1.807, 2.05) is 0 Å². The molecule has 1 aromatic rings. The fraction of sp³-hybridized carbons (Fsp3) is 0.600. The number of nitrogens with one attached hydrogen (secondary N) is 1. The van der Waals surface area contributed by atoms with Gasteiger partial charge in [0.1, 0.15) is 4.47 Å². The first kappa shape index (κ1) is 13.9. The van der Waals surface area contributed by atoms with Crippen LogP contribution in [0.5, 0.6) is 0 Å². The molecule has 9 heteroatoms. The number of carbonyl (C=O) groups excluding carboxylic acids is 1. The highest BCUT2D eigenvalue weighted by Crippen LogP contribution is 2.22. The van der Waals surface area contributed by atoms with Crippen molar-refractivity contribution in [1.82, 2.24) is 20.0 Å². The average molecular weight is 332 g/mol. The third-order valence-corrected chi connectivity index (χ3v) is 3.46. The molecule has 0 bridgehead atoms. The van der Waals surface area contributed by atoms with E-state index in [0.29, 0.717) is 30.5 Å². The summed E-state index contributed by atoms with van der Waals surface area (Å²) >= 11 is 3.07. The molecule has 19 heavy (non-hydrogen) atoms. The molecule has 0 atom stereocenters. The lowest BCUT2D eigenvalue weighted by molar-refractivity contribution is -0.390. The Kier molecular flexibility index (Phi) is 4.48. The first-order valence-electron chi connectivity index (χ1n) is 5.94. The third kappa shape index (κ3) is 3.51. The molecule has 2 heterocycles. The molecule has 1 aliphatic heterocycles. The minimum atomic E-state index is -0.557. The van der Waals surface area contributed by atoms with Crippen LogP contribution in [0, 0.1) is 10.1 Å². The van der Waals surface area contributed by atoms with Crippen LogP contribution < -0.4 is 5.32 Å². The normalized spacial score (nSPS) is 15.5. The van der Waals surface area contributed by atoms with Gasteiger partial charge >= 0.3 is 5.82 Å². The number of aryl methyl sites for hydroxylation is 1. The molecule has 0 spiro atoms. The Morgan fingerprint density at radius 1 is 1.53 bits per heavy atom. The third-order valence-electron chi connectivity index (χ3n) is 2.90. The molecule has 1 aromatic heterocycles. The van der Waals surface area contributed by atoms with Gasteiger partial charge in [-0.05, 0) is 20.9 Å². The van der Waals surface area contributed by atoms with Gasteiger partial charge in [-0.25, -0.2) is 0 Å². The molecule has 0 aromatic carbocycles. The lowest BCUT2D eigenvalue weighted by Crippen LogP contribution is -2.46. The van der Waals surface area contributed by atoms with Crippen LogP contribution in [-0.4, -0.2) is 51.7 Å². The van der Waals surface area contributed by atoms with Gasteiger partial charge in [-0.1, -0.05) is 0 Å². The number of amides is 1. The zero-order valence-electron chi connectivity index (χ0n) is 10.2. The molecule has 0 aliphatic carbocycles. The SMILES string of the molecule is O=C(CCn1cc(Br)c([N+](=O)[O-])n1)N1CCNCC1. The minimum Gasteiger partial charge on any atom is -0.358 e. The van der Waals surface area contributed by atoms with Crippen LogP contribution in [0.2, 0.25) is 0 Å². The van der Waals surface area contributed by atoms with Crippen LogP contribution in [-0.2, 0) is 11.3 Å². The van der Waals surface area contributed by atoms with Crippen molar-refractivity contribution in [2.24, 2.45) is 0 Å². The number of rotatable bonds is 4. The zero-order valence-corrected chi connectivity index (χ0v) is 11.8. The van der Waals surface area contributed by atoms with E-state index in [1.165, 1.54) is 10.9 Å². The number of hydrogen-bond donors (Lipinski definition) is 1. The quantitative estimate of drug-likeness (QED) is 0.635. The summed E-state index contributed by atoms with van der Waals surface area (Å²) in [6.45, 7) is 3.38. The molecule has 0 unspecified atom stereocenters. The summed E-state index contributed by atoms with van der Waals surface area (Å²) in [5.74, 6) is -0.176. The minimum absolute atomic E-state index is 0.0516. The zero-order chi connectivity index (χ0) is 13.8. The Morgan fingerprint density at radius 2 is 2.21 bits per heavy atom. The maximum atomic E-state index is 11.9. The summed E-state index contributed by atoms with van der Waals surface area (Å²) < 4.78 is 1.74. The van der Waals surface area contributed by atoms with Crippen molar-refractivity contribution in [3.05, 3.63) is 20.8 Å². The fourth-order valence-electron chi connectivity index (χ4n) is 1.91. The second-order valence-electron chi connectivity index (χ2n) is 4.20. The summed E-state index contributed by atoms with van der Waals surface area (Å²) in [5, 5.41) is 17.6. The lowest BCUT2D eigenvalue weighted by atomic mass is 10.3. The maximum Gasteiger partial charge on any atom is 0.404 e. The van der Waals surface area contributed by atoms with Gasteiger partial charge in [0.15, 0.2) is 0 Å². The molecule has 8 nitrogen and oxygen atoms in total. The van der Waals surface area contributed by atoms with Crippen molar-refractivity contribution in [3.63, 3.8) is 0 Å². The van der Waals surface area contributed by atoms with Crippen molar-refractivity contribution in [2.75, 3.05) is 26.2 Å². The Hall–Kier alpha value is -1.48. The van der Waals surface area contributed by atoms with E-state index in [-0.39, 0.29) is 11.7 Å². The van der Waals surface area contributed by atoms with Crippen LogP contribution in [0.25, 0.3) is 0 Å². The molecule has 1 aliphatic rings. The molecule has 2 rings (SSSR count). The van der Waals surface area contributed by atoms with E-state index in [9.17, 15) is 14.9 Å². The fourth-order valence-corrected chi connectivity index (χ4v) is 2.37. The second kappa shape index (κ2) is 6.11. The summed E-state index contributed by atoms with van der Waals surface area (Å²) in [6.07, 6.45) is 1.81. The van der Waals surface area contributed by atoms with Crippen LogP contribution in [0.3, 0.4) is 0 Å². The first-order valence-corrected chi connectivity index (χ1v) is 6.73. The Bertz CT molecular complexity index is 484. The van der Waals surface area contributed by atoms with Gasteiger partial charge in [0.05, 0.1) is 17.8 Å². The van der Waals surface area contributed by atoms with Gasteiger partial charge in [-0.2, -0.15) is 4.68 Å². The van der Waals surface area contributed by atoms with E-state index >= 15 is 0 Å². The van der Waals surface area contributed by atoms with Gasteiger partial charge in [0.2, 0.25) is 5.91 Å². The van der Waals surface area contributed by atoms with E-state index in [1.54, 1.807) is 4.90 Å². The molecular formula is C10H14BrN5O3. The Labute approximate surface area is 118 Å². The average Bonchev–Trinajstić information content (AvgIpc) is 2.78. The van der Waals surface area contributed by atoms with E-state index in [0.717, 1.165) is 13.1 Å². The van der Waals surface area contributed by atoms with Crippen LogP contribution in [0.4, 0.5) is 5.82 Å². The number of piperazine rings is 1. The number of aromatic nitrogens is 2. The molecule has 1 fully saturated rings. The molecule has 0 radical (unpaired) electrons. The van der Waals surface area contributed by atoms with E-state index in [4.69, 9.17) is 0 Å². The first-order chi connectivity index (χ1) is 9.08. The van der Waals surface area contributed by atoms with Gasteiger partial charge in [0.25, 0.3) is 0 Å². The molecule has 1 N–H and O–H groups in total. The van der Waals surface area contributed by atoms with Crippen molar-refractivity contribution < 1.29 is 9.72 Å². The summed E-state index contributed by atoms with van der Waals surface area (Å²) in [7, 11) is 0. The van der Waals surface area contributed by atoms with Crippen molar-refractivity contribution in [1.29, 1.82) is 0 Å². The predicted molar refractivity (Wildman–Crippen MR) is 70.6 cm³/mol. The molecule has 1 saturated heterocycles. The van der Waals surface area contributed by atoms with Crippen LogP contribution in [0.1, 0.15) is 6.42 Å². The van der Waals surface area contributed by atoms with Crippen molar-refractivity contribution in [2.45, 2.75) is 13.0 Å². The monoisotopic (exact) mass is 331 g/mol. The summed E-state index contributed by atoms with van der Waals surface area (Å²) in [6, 6.07) is 0. The molecule has 104 valence electrons. The Morgan fingerprint density at radius 3 is 2.79 bits per heavy atom. The smallest absolute Gasteiger partial charge is 0.358 e. The topological polar surface area (TPSA) is 93.3 Å². The number of nitro groups is 1. The van der Waals surface area contributed by atoms with Gasteiger partial charge in [-0.15, -0.1) is 0 Å². The van der Waals surface area contributed by atoms with Crippen molar-refractivity contribution in [3.8, 4) is 0 Å². The van der Waals surface area contributed by atoms with E-state index < -0.39 is 4.92 Å². The predicted octanol–water partition coefficient (Wildman–Crippen LogP) is 0.376. The number of carbonyl (C=O) groups is 1. The van der Waals surface area contributed by atoms with Crippen molar-refractivity contribution >= 4 is 27.7 Å². The highest BCUT2D eigenvalue weighted by Gasteiger charge is 2.20. The highest BCUT2D eigenvalue weighted by molar-refractivity contribution is 9.10. The van der Waals surface area contributed by atoms with Crippen LogP contribution in [0.15, 0.2) is 10.7 Å². The standard InChI is InChI=1S/C10H14BrN5O3/c11-8-7-15(13-10(8)16(18)19)4-1-9(17)14-5-2-12-3-6-14/h7,12H,1-6H2. The van der Waals surface area contributed by atoms with Gasteiger partial charge < -0.3 is 20.3 Å². The lowest BCUT2D eigenvalue weighted by Gasteiger charge is -2.27. The number of nitrogens with zero attached hydrogens (tertiary/aromatic N) is 4.